The van der Waals surface area contributed by atoms with Crippen LogP contribution in [-0.2, 0) is 4.74 Å². The number of aliphatic hydroxyl groups excluding tert-OH is 1. The van der Waals surface area contributed by atoms with Gasteiger partial charge < -0.3 is 9.84 Å². The van der Waals surface area contributed by atoms with Crippen molar-refractivity contribution in [2.45, 2.75) is 65.3 Å². The predicted octanol–water partition coefficient (Wildman–Crippen LogP) is 3.57. The van der Waals surface area contributed by atoms with Gasteiger partial charge in [-0.1, -0.05) is 26.0 Å². The standard InChI is InChI=1S/C16H24O2/c1-10-6-5-7-15(3)8-9-16(4)11(2)14(17)18-13(16)12(10)15/h13-14,17H,2,5-9H2,1,3-4H3/t13-,14?,15+,16?/m0/s1. The lowest BCUT2D eigenvalue weighted by molar-refractivity contribution is -0.0876. The minimum atomic E-state index is -0.774. The highest BCUT2D eigenvalue weighted by molar-refractivity contribution is 5.38. The first kappa shape index (κ1) is 12.4. The molecule has 3 aliphatic rings. The smallest absolute Gasteiger partial charge is 0.178 e. The van der Waals surface area contributed by atoms with Crippen molar-refractivity contribution in [3.63, 3.8) is 0 Å². The average Bonchev–Trinajstić information content (AvgIpc) is 2.53. The predicted molar refractivity (Wildman–Crippen MR) is 72.0 cm³/mol. The highest BCUT2D eigenvalue weighted by Crippen LogP contribution is 2.60. The van der Waals surface area contributed by atoms with Gasteiger partial charge in [-0.15, -0.1) is 0 Å². The summed E-state index contributed by atoms with van der Waals surface area (Å²) in [6.07, 6.45) is 5.30. The molecule has 100 valence electrons. The van der Waals surface area contributed by atoms with E-state index in [1.165, 1.54) is 36.8 Å². The van der Waals surface area contributed by atoms with Crippen LogP contribution in [0.1, 0.15) is 52.9 Å². The third kappa shape index (κ3) is 1.42. The Morgan fingerprint density at radius 1 is 1.28 bits per heavy atom. The SMILES string of the molecule is C=C1C(O)O[C@H]2C3=C(C)CCC[C@]3(C)CCC12C. The normalized spacial score (nSPS) is 48.1. The second-order valence-electron chi connectivity index (χ2n) is 6.92. The maximum atomic E-state index is 10.0. The maximum absolute atomic E-state index is 10.0. The lowest BCUT2D eigenvalue weighted by atomic mass is 9.55. The van der Waals surface area contributed by atoms with Gasteiger partial charge in [0.1, 0.15) is 0 Å². The van der Waals surface area contributed by atoms with Crippen LogP contribution in [0, 0.1) is 10.8 Å². The number of fused-ring (bicyclic) bond motifs is 3. The molecule has 1 saturated carbocycles. The van der Waals surface area contributed by atoms with Crippen LogP contribution in [0.5, 0.6) is 0 Å². The average molecular weight is 248 g/mol. The van der Waals surface area contributed by atoms with E-state index in [-0.39, 0.29) is 16.9 Å². The van der Waals surface area contributed by atoms with Crippen molar-refractivity contribution >= 4 is 0 Å². The van der Waals surface area contributed by atoms with Crippen molar-refractivity contribution in [2.24, 2.45) is 10.8 Å². The molecular formula is C16H24O2. The van der Waals surface area contributed by atoms with Gasteiger partial charge in [0.05, 0.1) is 6.10 Å². The molecular weight excluding hydrogens is 224 g/mol. The zero-order valence-electron chi connectivity index (χ0n) is 11.8. The number of hydrogen-bond acceptors (Lipinski definition) is 2. The third-order valence-corrected chi connectivity index (χ3v) is 5.72. The van der Waals surface area contributed by atoms with E-state index in [4.69, 9.17) is 4.74 Å². The second-order valence-corrected chi connectivity index (χ2v) is 6.92. The molecule has 0 radical (unpaired) electrons. The summed E-state index contributed by atoms with van der Waals surface area (Å²) < 4.78 is 5.88. The van der Waals surface area contributed by atoms with E-state index < -0.39 is 6.29 Å². The number of hydrogen-bond donors (Lipinski definition) is 1. The van der Waals surface area contributed by atoms with Crippen molar-refractivity contribution in [3.8, 4) is 0 Å². The van der Waals surface area contributed by atoms with Gasteiger partial charge in [-0.2, -0.15) is 0 Å². The molecule has 18 heavy (non-hydrogen) atoms. The Balaban J connectivity index is 2.10. The Morgan fingerprint density at radius 2 is 2.00 bits per heavy atom. The lowest BCUT2D eigenvalue weighted by Crippen LogP contribution is -2.44. The van der Waals surface area contributed by atoms with Gasteiger partial charge in [0.25, 0.3) is 0 Å². The molecule has 2 unspecified atom stereocenters. The van der Waals surface area contributed by atoms with Crippen LogP contribution in [0.3, 0.4) is 0 Å². The van der Waals surface area contributed by atoms with Gasteiger partial charge in [-0.05, 0) is 55.6 Å². The van der Waals surface area contributed by atoms with Crippen LogP contribution < -0.4 is 0 Å². The van der Waals surface area contributed by atoms with Crippen LogP contribution in [-0.4, -0.2) is 17.5 Å². The van der Waals surface area contributed by atoms with E-state index in [0.717, 1.165) is 12.0 Å². The van der Waals surface area contributed by atoms with Crippen molar-refractivity contribution in [1.82, 2.24) is 0 Å². The highest BCUT2D eigenvalue weighted by atomic mass is 16.6. The molecule has 0 spiro atoms. The second kappa shape index (κ2) is 3.71. The molecule has 0 aromatic heterocycles. The summed E-state index contributed by atoms with van der Waals surface area (Å²) >= 11 is 0. The zero-order chi connectivity index (χ0) is 13.1. The summed E-state index contributed by atoms with van der Waals surface area (Å²) in [5.41, 5.74) is 4.06. The first-order valence-corrected chi connectivity index (χ1v) is 7.11. The minimum absolute atomic E-state index is 0.0547. The first-order valence-electron chi connectivity index (χ1n) is 7.11. The van der Waals surface area contributed by atoms with E-state index in [0.29, 0.717) is 0 Å². The van der Waals surface area contributed by atoms with Crippen molar-refractivity contribution in [2.75, 3.05) is 0 Å². The van der Waals surface area contributed by atoms with Gasteiger partial charge in [0.2, 0.25) is 0 Å². The molecule has 0 bridgehead atoms. The van der Waals surface area contributed by atoms with Gasteiger partial charge in [-0.25, -0.2) is 0 Å². The molecule has 4 atom stereocenters. The molecule has 2 fully saturated rings. The van der Waals surface area contributed by atoms with Crippen LogP contribution >= 0.6 is 0 Å². The summed E-state index contributed by atoms with van der Waals surface area (Å²) in [5.74, 6) is 0. The van der Waals surface area contributed by atoms with Crippen LogP contribution in [0.2, 0.25) is 0 Å². The number of allylic oxidation sites excluding steroid dienone is 1. The molecule has 0 aromatic rings. The summed E-state index contributed by atoms with van der Waals surface area (Å²) in [5, 5.41) is 10.0. The molecule has 0 aromatic carbocycles. The Morgan fingerprint density at radius 3 is 2.72 bits per heavy atom. The van der Waals surface area contributed by atoms with Crippen LogP contribution in [0.25, 0.3) is 0 Å². The largest absolute Gasteiger partial charge is 0.364 e. The Labute approximate surface area is 110 Å². The van der Waals surface area contributed by atoms with E-state index in [2.05, 4.69) is 27.4 Å². The molecule has 3 rings (SSSR count). The van der Waals surface area contributed by atoms with Crippen LogP contribution in [0.15, 0.2) is 23.3 Å². The Kier molecular flexibility index (Phi) is 2.56. The highest BCUT2D eigenvalue weighted by Gasteiger charge is 2.57. The molecule has 1 saturated heterocycles. The fourth-order valence-corrected chi connectivity index (χ4v) is 4.35. The summed E-state index contributed by atoms with van der Waals surface area (Å²) in [6.45, 7) is 10.9. The van der Waals surface area contributed by atoms with Crippen LogP contribution in [0.4, 0.5) is 0 Å². The fraction of sp³-hybridized carbons (Fsp3) is 0.750. The molecule has 2 heteroatoms. The molecule has 0 amide bonds. The third-order valence-electron chi connectivity index (χ3n) is 5.72. The first-order chi connectivity index (χ1) is 8.38. The van der Waals surface area contributed by atoms with Crippen molar-refractivity contribution in [1.29, 1.82) is 0 Å². The summed E-state index contributed by atoms with van der Waals surface area (Å²) in [4.78, 5) is 0. The quantitative estimate of drug-likeness (QED) is 0.664. The number of ether oxygens (including phenoxy) is 1. The molecule has 1 aliphatic heterocycles. The Hall–Kier alpha value is -0.600. The topological polar surface area (TPSA) is 29.5 Å². The summed E-state index contributed by atoms with van der Waals surface area (Å²) in [7, 11) is 0. The fourth-order valence-electron chi connectivity index (χ4n) is 4.35. The molecule has 2 nitrogen and oxygen atoms in total. The minimum Gasteiger partial charge on any atom is -0.364 e. The van der Waals surface area contributed by atoms with Gasteiger partial charge in [0.15, 0.2) is 6.29 Å². The zero-order valence-corrected chi connectivity index (χ0v) is 11.8. The van der Waals surface area contributed by atoms with E-state index in [9.17, 15) is 5.11 Å². The monoisotopic (exact) mass is 248 g/mol. The maximum Gasteiger partial charge on any atom is 0.178 e. The van der Waals surface area contributed by atoms with E-state index in [1.807, 2.05) is 0 Å². The lowest BCUT2D eigenvalue weighted by Gasteiger charge is -2.50. The van der Waals surface area contributed by atoms with Crippen molar-refractivity contribution < 1.29 is 9.84 Å². The number of aliphatic hydroxyl groups is 1. The van der Waals surface area contributed by atoms with Gasteiger partial charge >= 0.3 is 0 Å². The van der Waals surface area contributed by atoms with E-state index >= 15 is 0 Å². The van der Waals surface area contributed by atoms with E-state index in [1.54, 1.807) is 0 Å². The Bertz CT molecular complexity index is 436. The summed E-state index contributed by atoms with van der Waals surface area (Å²) in [6, 6.07) is 0. The molecule has 1 N–H and O–H groups in total. The number of rotatable bonds is 0. The van der Waals surface area contributed by atoms with Gasteiger partial charge in [-0.3, -0.25) is 0 Å². The molecule has 2 aliphatic carbocycles. The molecule has 1 heterocycles. The van der Waals surface area contributed by atoms with Crippen molar-refractivity contribution in [3.05, 3.63) is 23.3 Å². The van der Waals surface area contributed by atoms with Gasteiger partial charge in [0, 0.05) is 5.41 Å².